The first-order chi connectivity index (χ1) is 28.3. The molecule has 0 atom stereocenters. The van der Waals surface area contributed by atoms with Crippen LogP contribution in [0.25, 0.3) is 65.4 Å². The summed E-state index contributed by atoms with van der Waals surface area (Å²) < 4.78 is 68.7. The first-order valence-electron chi connectivity index (χ1n) is 18.6. The molecule has 0 fully saturated rings. The summed E-state index contributed by atoms with van der Waals surface area (Å²) in [5.74, 6) is -1.37. The highest BCUT2D eigenvalue weighted by molar-refractivity contribution is 6.18. The average Bonchev–Trinajstić information content (AvgIpc) is 3.76. The van der Waals surface area contributed by atoms with Gasteiger partial charge in [-0.2, -0.15) is 0 Å². The molecule has 0 bridgehead atoms. The van der Waals surface area contributed by atoms with E-state index in [0.29, 0.717) is 0 Å². The van der Waals surface area contributed by atoms with Gasteiger partial charge >= 0.3 is 0 Å². The van der Waals surface area contributed by atoms with Gasteiger partial charge in [-0.1, -0.05) is 12.1 Å². The minimum absolute atomic E-state index is 0.341. The Kier molecular flexibility index (Phi) is 7.56. The van der Waals surface area contributed by atoms with E-state index in [1.54, 1.807) is 48.5 Å². The van der Waals surface area contributed by atoms with E-state index in [1.807, 2.05) is 70.5 Å². The summed E-state index contributed by atoms with van der Waals surface area (Å²) in [4.78, 5) is 3.91. The van der Waals surface area contributed by atoms with Crippen LogP contribution < -0.4 is 9.80 Å². The molecule has 0 aliphatic carbocycles. The van der Waals surface area contributed by atoms with Crippen molar-refractivity contribution in [3.05, 3.63) is 193 Å². The monoisotopic (exact) mass is 764 g/mol. The maximum absolute atomic E-state index is 13.9. The number of hydrogen-bond acceptors (Lipinski definition) is 4. The second-order valence-electron chi connectivity index (χ2n) is 14.4. The Bertz CT molecular complexity index is 3060. The summed E-state index contributed by atoms with van der Waals surface area (Å²) in [5, 5.41) is 7.62. The SMILES string of the molecule is Fc1ccc(N(c2ccc(F)cc2)c2ccc3cc4c(cc3c2)oc2cc3c(cc24)oc2cc4cc(N(c5ccc(F)cc5)c5ccc(F)cc5)ccc4cc23)cc1. The second kappa shape index (κ2) is 13.0. The molecule has 0 saturated heterocycles. The van der Waals surface area contributed by atoms with E-state index in [4.69, 9.17) is 8.83 Å². The minimum atomic E-state index is -0.341. The molecule has 4 nitrogen and oxygen atoms in total. The van der Waals surface area contributed by atoms with Crippen molar-refractivity contribution in [2.45, 2.75) is 0 Å². The van der Waals surface area contributed by atoms with Crippen LogP contribution in [0.3, 0.4) is 0 Å². The number of rotatable bonds is 6. The molecular formula is C50H28F4N2O2. The van der Waals surface area contributed by atoms with Gasteiger partial charge in [-0.3, -0.25) is 0 Å². The third-order valence-corrected chi connectivity index (χ3v) is 10.8. The van der Waals surface area contributed by atoms with Crippen LogP contribution in [0.1, 0.15) is 0 Å². The van der Waals surface area contributed by atoms with Gasteiger partial charge in [0.1, 0.15) is 45.6 Å². The Morgan fingerprint density at radius 3 is 0.862 bits per heavy atom. The number of halogens is 4. The van der Waals surface area contributed by atoms with E-state index in [1.165, 1.54) is 48.5 Å². The summed E-state index contributed by atoms with van der Waals surface area (Å²) >= 11 is 0. The largest absolute Gasteiger partial charge is 0.456 e. The van der Waals surface area contributed by atoms with Crippen molar-refractivity contribution in [1.82, 2.24) is 0 Å². The smallest absolute Gasteiger partial charge is 0.136 e. The molecule has 0 amide bonds. The van der Waals surface area contributed by atoms with E-state index >= 15 is 0 Å². The van der Waals surface area contributed by atoms with Gasteiger partial charge in [0.25, 0.3) is 0 Å². The van der Waals surface area contributed by atoms with Crippen LogP contribution in [0.4, 0.5) is 51.7 Å². The third kappa shape index (κ3) is 5.68. The average molecular weight is 765 g/mol. The highest BCUT2D eigenvalue weighted by atomic mass is 19.1. The van der Waals surface area contributed by atoms with E-state index in [2.05, 4.69) is 12.1 Å². The van der Waals surface area contributed by atoms with Crippen molar-refractivity contribution in [3.8, 4) is 0 Å². The summed E-state index contributed by atoms with van der Waals surface area (Å²) in [6, 6.07) is 49.3. The molecule has 8 heteroatoms. The minimum Gasteiger partial charge on any atom is -0.456 e. The first-order valence-corrected chi connectivity index (χ1v) is 18.6. The lowest BCUT2D eigenvalue weighted by molar-refractivity contribution is 0.627. The van der Waals surface area contributed by atoms with Crippen LogP contribution in [0.15, 0.2) is 179 Å². The van der Waals surface area contributed by atoms with Gasteiger partial charge in [0.05, 0.1) is 0 Å². The summed E-state index contributed by atoms with van der Waals surface area (Å²) in [6.45, 7) is 0. The van der Waals surface area contributed by atoms with Gasteiger partial charge in [-0.25, -0.2) is 17.6 Å². The van der Waals surface area contributed by atoms with Gasteiger partial charge in [-0.15, -0.1) is 0 Å². The lowest BCUT2D eigenvalue weighted by Crippen LogP contribution is -2.10. The van der Waals surface area contributed by atoms with E-state index in [-0.39, 0.29) is 23.3 Å². The van der Waals surface area contributed by atoms with Gasteiger partial charge < -0.3 is 18.6 Å². The molecule has 2 heterocycles. The molecule has 0 aliphatic heterocycles. The fourth-order valence-corrected chi connectivity index (χ4v) is 8.04. The van der Waals surface area contributed by atoms with Crippen LogP contribution >= 0.6 is 0 Å². The molecule has 0 saturated carbocycles. The van der Waals surface area contributed by atoms with Crippen molar-refractivity contribution in [3.63, 3.8) is 0 Å². The summed E-state index contributed by atoms with van der Waals surface area (Å²) in [7, 11) is 0. The molecule has 11 aromatic rings. The van der Waals surface area contributed by atoms with Gasteiger partial charge in [0, 0.05) is 55.7 Å². The second-order valence-corrected chi connectivity index (χ2v) is 14.4. The molecule has 0 radical (unpaired) electrons. The maximum Gasteiger partial charge on any atom is 0.136 e. The standard InChI is InChI=1S/C50H28F4N2O2/c51-33-3-13-37(14-4-33)55(38-15-5-34(52)6-16-38)41-11-1-29-23-43-45-27-50-46(28-49(45)57-47(43)25-31(29)21-41)44-24-30-2-12-42(22-32(30)26-48(44)58-50)56(39-17-7-35(53)8-18-39)40-19-9-36(54)10-20-40/h1-28H. The Morgan fingerprint density at radius 2 is 0.534 bits per heavy atom. The number of anilines is 6. The molecule has 0 spiro atoms. The molecule has 11 rings (SSSR count). The third-order valence-electron chi connectivity index (χ3n) is 10.8. The van der Waals surface area contributed by atoms with Crippen molar-refractivity contribution in [1.29, 1.82) is 0 Å². The van der Waals surface area contributed by atoms with Crippen LogP contribution in [0.5, 0.6) is 0 Å². The zero-order valence-electron chi connectivity index (χ0n) is 30.4. The molecule has 0 unspecified atom stereocenters. The summed E-state index contributed by atoms with van der Waals surface area (Å²) in [5.41, 5.74) is 7.47. The Morgan fingerprint density at radius 1 is 0.259 bits per heavy atom. The number of hydrogen-bond donors (Lipinski definition) is 0. The zero-order chi connectivity index (χ0) is 39.1. The Balaban J connectivity index is 0.998. The van der Waals surface area contributed by atoms with Crippen LogP contribution in [0, 0.1) is 23.3 Å². The zero-order valence-corrected chi connectivity index (χ0v) is 30.4. The Hall–Kier alpha value is -7.58. The quantitative estimate of drug-likeness (QED) is 0.158. The van der Waals surface area contributed by atoms with Gasteiger partial charge in [-0.05, 0) is 179 Å². The van der Waals surface area contributed by atoms with Crippen LogP contribution in [-0.4, -0.2) is 0 Å². The van der Waals surface area contributed by atoms with Crippen LogP contribution in [0.2, 0.25) is 0 Å². The van der Waals surface area contributed by atoms with E-state index in [9.17, 15) is 17.6 Å². The topological polar surface area (TPSA) is 32.8 Å². The molecular weight excluding hydrogens is 737 g/mol. The Labute approximate surface area is 328 Å². The number of benzene rings is 9. The molecule has 278 valence electrons. The van der Waals surface area contributed by atoms with Crippen molar-refractivity contribution >= 4 is 99.5 Å². The molecule has 2 aromatic heterocycles. The molecule has 0 aliphatic rings. The van der Waals surface area contributed by atoms with E-state index < -0.39 is 0 Å². The molecule has 0 N–H and O–H groups in total. The lowest BCUT2D eigenvalue weighted by atomic mass is 10.0. The van der Waals surface area contributed by atoms with Gasteiger partial charge in [0.15, 0.2) is 0 Å². The fourth-order valence-electron chi connectivity index (χ4n) is 8.04. The lowest BCUT2D eigenvalue weighted by Gasteiger charge is -2.25. The maximum atomic E-state index is 13.9. The normalized spacial score (nSPS) is 11.8. The highest BCUT2D eigenvalue weighted by Gasteiger charge is 2.19. The highest BCUT2D eigenvalue weighted by Crippen LogP contribution is 2.42. The van der Waals surface area contributed by atoms with Crippen molar-refractivity contribution < 1.29 is 26.4 Å². The number of fused-ring (bicyclic) bond motifs is 8. The predicted molar refractivity (Wildman–Crippen MR) is 225 cm³/mol. The number of furan rings is 2. The fraction of sp³-hybridized carbons (Fsp3) is 0. The van der Waals surface area contributed by atoms with Gasteiger partial charge in [0.2, 0.25) is 0 Å². The van der Waals surface area contributed by atoms with Crippen molar-refractivity contribution in [2.75, 3.05) is 9.80 Å². The molecule has 58 heavy (non-hydrogen) atoms. The summed E-state index contributed by atoms with van der Waals surface area (Å²) in [6.07, 6.45) is 0. The molecule has 9 aromatic carbocycles. The number of nitrogens with zero attached hydrogens (tertiary/aromatic N) is 2. The van der Waals surface area contributed by atoms with E-state index in [0.717, 1.165) is 99.5 Å². The van der Waals surface area contributed by atoms with Crippen LogP contribution in [-0.2, 0) is 0 Å². The predicted octanol–water partition coefficient (Wildman–Crippen LogP) is 15.3. The first kappa shape index (κ1) is 33.7. The van der Waals surface area contributed by atoms with Crippen molar-refractivity contribution in [2.24, 2.45) is 0 Å².